The zero-order chi connectivity index (χ0) is 15.6. The molecular weight excluding hydrogens is 268 g/mol. The van der Waals surface area contributed by atoms with Crippen molar-refractivity contribution in [2.24, 2.45) is 11.3 Å². The number of carboxylic acid groups (broad SMARTS) is 1. The zero-order valence-electron chi connectivity index (χ0n) is 12.8. The van der Waals surface area contributed by atoms with E-state index in [-0.39, 0.29) is 17.0 Å². The number of nitrogens with zero attached hydrogens (tertiary/aromatic N) is 2. The SMILES string of the molecule is CC(C)(C)C1CCN(C(=O)c2ccnc(C(=O)O)c2)CC1. The molecule has 0 spiro atoms. The molecule has 114 valence electrons. The van der Waals surface area contributed by atoms with Crippen LogP contribution in [0.2, 0.25) is 0 Å². The minimum Gasteiger partial charge on any atom is -0.477 e. The van der Waals surface area contributed by atoms with Gasteiger partial charge in [0.05, 0.1) is 0 Å². The number of hydrogen-bond donors (Lipinski definition) is 1. The van der Waals surface area contributed by atoms with Gasteiger partial charge < -0.3 is 10.0 Å². The quantitative estimate of drug-likeness (QED) is 0.909. The second kappa shape index (κ2) is 5.84. The van der Waals surface area contributed by atoms with Gasteiger partial charge in [0, 0.05) is 24.8 Å². The van der Waals surface area contributed by atoms with Gasteiger partial charge in [0.15, 0.2) is 0 Å². The third kappa shape index (κ3) is 3.60. The Morgan fingerprint density at radius 1 is 1.29 bits per heavy atom. The number of pyridine rings is 1. The third-order valence-corrected chi connectivity index (χ3v) is 4.23. The number of aromatic nitrogens is 1. The molecule has 1 aromatic heterocycles. The summed E-state index contributed by atoms with van der Waals surface area (Å²) in [7, 11) is 0. The van der Waals surface area contributed by atoms with Crippen molar-refractivity contribution in [2.75, 3.05) is 13.1 Å². The van der Waals surface area contributed by atoms with Gasteiger partial charge in [-0.25, -0.2) is 9.78 Å². The molecule has 21 heavy (non-hydrogen) atoms. The molecule has 0 bridgehead atoms. The Kier molecular flexibility index (Phi) is 4.30. The van der Waals surface area contributed by atoms with Gasteiger partial charge in [-0.15, -0.1) is 0 Å². The summed E-state index contributed by atoms with van der Waals surface area (Å²) in [5, 5.41) is 8.94. The number of aromatic carboxylic acids is 1. The van der Waals surface area contributed by atoms with Crippen molar-refractivity contribution in [3.8, 4) is 0 Å². The number of carboxylic acids is 1. The molecule has 2 heterocycles. The van der Waals surface area contributed by atoms with Crippen LogP contribution in [0.1, 0.15) is 54.5 Å². The average molecular weight is 290 g/mol. The standard InChI is InChI=1S/C16H22N2O3/c1-16(2,3)12-5-8-18(9-6-12)14(19)11-4-7-17-13(10-11)15(20)21/h4,7,10,12H,5-6,8-9H2,1-3H3,(H,20,21). The van der Waals surface area contributed by atoms with Crippen molar-refractivity contribution in [3.63, 3.8) is 0 Å². The summed E-state index contributed by atoms with van der Waals surface area (Å²) in [5.74, 6) is -0.600. The van der Waals surface area contributed by atoms with Crippen molar-refractivity contribution >= 4 is 11.9 Å². The largest absolute Gasteiger partial charge is 0.477 e. The third-order valence-electron chi connectivity index (χ3n) is 4.23. The van der Waals surface area contributed by atoms with Crippen LogP contribution in [-0.4, -0.2) is 40.0 Å². The predicted octanol–water partition coefficient (Wildman–Crippen LogP) is 2.68. The van der Waals surface area contributed by atoms with Gasteiger partial charge in [-0.2, -0.15) is 0 Å². The van der Waals surface area contributed by atoms with Gasteiger partial charge in [-0.1, -0.05) is 20.8 Å². The van der Waals surface area contributed by atoms with E-state index in [1.54, 1.807) is 6.07 Å². The van der Waals surface area contributed by atoms with Crippen LogP contribution >= 0.6 is 0 Å². The molecule has 1 N–H and O–H groups in total. The molecule has 1 aromatic rings. The minimum absolute atomic E-state index is 0.0922. The summed E-state index contributed by atoms with van der Waals surface area (Å²) in [6, 6.07) is 2.92. The Hall–Kier alpha value is -1.91. The monoisotopic (exact) mass is 290 g/mol. The summed E-state index contributed by atoms with van der Waals surface area (Å²) in [6.07, 6.45) is 3.36. The number of hydrogen-bond acceptors (Lipinski definition) is 3. The van der Waals surface area contributed by atoms with Crippen LogP contribution in [0, 0.1) is 11.3 Å². The van der Waals surface area contributed by atoms with E-state index >= 15 is 0 Å². The second-order valence-corrected chi connectivity index (χ2v) is 6.67. The van der Waals surface area contributed by atoms with E-state index in [2.05, 4.69) is 25.8 Å². The summed E-state index contributed by atoms with van der Waals surface area (Å²) in [6.45, 7) is 8.16. The van der Waals surface area contributed by atoms with E-state index in [0.717, 1.165) is 25.9 Å². The molecule has 1 aliphatic rings. The maximum Gasteiger partial charge on any atom is 0.354 e. The highest BCUT2D eigenvalue weighted by Crippen LogP contribution is 2.34. The fraction of sp³-hybridized carbons (Fsp3) is 0.562. The molecule has 2 rings (SSSR count). The highest BCUT2D eigenvalue weighted by atomic mass is 16.4. The van der Waals surface area contributed by atoms with Crippen molar-refractivity contribution < 1.29 is 14.7 Å². The summed E-state index contributed by atoms with van der Waals surface area (Å²) in [5.41, 5.74) is 0.574. The molecule has 5 heteroatoms. The molecule has 0 saturated carbocycles. The molecular formula is C16H22N2O3. The normalized spacial score (nSPS) is 16.8. The first-order valence-electron chi connectivity index (χ1n) is 7.27. The van der Waals surface area contributed by atoms with Crippen LogP contribution in [0.5, 0.6) is 0 Å². The molecule has 0 aliphatic carbocycles. The fourth-order valence-corrected chi connectivity index (χ4v) is 2.81. The van der Waals surface area contributed by atoms with E-state index in [0.29, 0.717) is 11.5 Å². The summed E-state index contributed by atoms with van der Waals surface area (Å²) >= 11 is 0. The van der Waals surface area contributed by atoms with Crippen LogP contribution in [-0.2, 0) is 0 Å². The minimum atomic E-state index is -1.11. The Morgan fingerprint density at radius 2 is 1.90 bits per heavy atom. The number of carbonyl (C=O) groups is 2. The lowest BCUT2D eigenvalue weighted by Crippen LogP contribution is -2.41. The molecule has 0 unspecified atom stereocenters. The summed E-state index contributed by atoms with van der Waals surface area (Å²) < 4.78 is 0. The molecule has 0 atom stereocenters. The smallest absolute Gasteiger partial charge is 0.354 e. The maximum atomic E-state index is 12.4. The fourth-order valence-electron chi connectivity index (χ4n) is 2.81. The number of likely N-dealkylation sites (tertiary alicyclic amines) is 1. The van der Waals surface area contributed by atoms with Crippen LogP contribution in [0.4, 0.5) is 0 Å². The first-order valence-corrected chi connectivity index (χ1v) is 7.27. The first-order chi connectivity index (χ1) is 9.79. The second-order valence-electron chi connectivity index (χ2n) is 6.67. The van der Waals surface area contributed by atoms with Gasteiger partial charge in [-0.05, 0) is 36.3 Å². The maximum absolute atomic E-state index is 12.4. The molecule has 1 aliphatic heterocycles. The number of carbonyl (C=O) groups excluding carboxylic acids is 1. The van der Waals surface area contributed by atoms with E-state index in [4.69, 9.17) is 5.11 Å². The van der Waals surface area contributed by atoms with Crippen molar-refractivity contribution in [3.05, 3.63) is 29.6 Å². The molecule has 1 saturated heterocycles. The van der Waals surface area contributed by atoms with Crippen molar-refractivity contribution in [1.82, 2.24) is 9.88 Å². The molecule has 1 fully saturated rings. The Balaban J connectivity index is 2.05. The Morgan fingerprint density at radius 3 is 2.43 bits per heavy atom. The van der Waals surface area contributed by atoms with Crippen molar-refractivity contribution in [1.29, 1.82) is 0 Å². The molecule has 0 aromatic carbocycles. The predicted molar refractivity (Wildman–Crippen MR) is 79.3 cm³/mol. The molecule has 5 nitrogen and oxygen atoms in total. The van der Waals surface area contributed by atoms with Gasteiger partial charge in [-0.3, -0.25) is 4.79 Å². The lowest BCUT2D eigenvalue weighted by Gasteiger charge is -2.38. The lowest BCUT2D eigenvalue weighted by atomic mass is 9.75. The Labute approximate surface area is 125 Å². The highest BCUT2D eigenvalue weighted by molar-refractivity contribution is 5.96. The zero-order valence-corrected chi connectivity index (χ0v) is 12.8. The molecule has 1 amide bonds. The van der Waals surface area contributed by atoms with Gasteiger partial charge in [0.2, 0.25) is 0 Å². The van der Waals surface area contributed by atoms with Crippen molar-refractivity contribution in [2.45, 2.75) is 33.6 Å². The molecule has 0 radical (unpaired) electrons. The van der Waals surface area contributed by atoms with E-state index in [1.807, 2.05) is 4.90 Å². The van der Waals surface area contributed by atoms with E-state index < -0.39 is 5.97 Å². The average Bonchev–Trinajstić information content (AvgIpc) is 2.46. The summed E-state index contributed by atoms with van der Waals surface area (Å²) in [4.78, 5) is 28.9. The number of amides is 1. The van der Waals surface area contributed by atoms with Crippen LogP contribution in [0.15, 0.2) is 18.3 Å². The van der Waals surface area contributed by atoms with Gasteiger partial charge >= 0.3 is 5.97 Å². The van der Waals surface area contributed by atoms with Crippen LogP contribution in [0.25, 0.3) is 0 Å². The number of rotatable bonds is 2. The first kappa shape index (κ1) is 15.5. The van der Waals surface area contributed by atoms with E-state index in [1.165, 1.54) is 12.3 Å². The van der Waals surface area contributed by atoms with E-state index in [9.17, 15) is 9.59 Å². The topological polar surface area (TPSA) is 70.5 Å². The Bertz CT molecular complexity index is 541. The van der Waals surface area contributed by atoms with Gasteiger partial charge in [0.25, 0.3) is 5.91 Å². The van der Waals surface area contributed by atoms with Crippen LogP contribution < -0.4 is 0 Å². The van der Waals surface area contributed by atoms with Crippen LogP contribution in [0.3, 0.4) is 0 Å². The lowest BCUT2D eigenvalue weighted by molar-refractivity contribution is 0.0608. The number of piperidine rings is 1. The van der Waals surface area contributed by atoms with Gasteiger partial charge in [0.1, 0.15) is 5.69 Å². The highest BCUT2D eigenvalue weighted by Gasteiger charge is 2.30.